The number of nitrogens with zero attached hydrogens (tertiary/aromatic N) is 1. The monoisotopic (exact) mass is 248 g/mol. The van der Waals surface area contributed by atoms with Gasteiger partial charge in [0.25, 0.3) is 5.91 Å². The Morgan fingerprint density at radius 3 is 3.00 bits per heavy atom. The molecule has 3 rings (SSSR count). The SMILES string of the molecule is Cc1cc(F)cc(C(=O)N2CC[C@H]3CNC[C@H]32)c1. The summed E-state index contributed by atoms with van der Waals surface area (Å²) in [5, 5.41) is 3.32. The molecule has 0 aliphatic carbocycles. The number of likely N-dealkylation sites (tertiary alicyclic amines) is 1. The van der Waals surface area contributed by atoms with Gasteiger partial charge in [-0.25, -0.2) is 4.39 Å². The average molecular weight is 248 g/mol. The van der Waals surface area contributed by atoms with Crippen molar-refractivity contribution in [3.05, 3.63) is 35.1 Å². The number of halogens is 1. The van der Waals surface area contributed by atoms with Gasteiger partial charge in [-0.05, 0) is 43.0 Å². The maximum Gasteiger partial charge on any atom is 0.254 e. The minimum absolute atomic E-state index is 0.0335. The molecule has 0 radical (unpaired) electrons. The number of fused-ring (bicyclic) bond motifs is 1. The third-order valence-corrected chi connectivity index (χ3v) is 4.00. The normalized spacial score (nSPS) is 26.4. The van der Waals surface area contributed by atoms with Gasteiger partial charge in [0.05, 0.1) is 0 Å². The Bertz CT molecular complexity index is 468. The van der Waals surface area contributed by atoms with Crippen molar-refractivity contribution in [3.8, 4) is 0 Å². The van der Waals surface area contributed by atoms with Crippen molar-refractivity contribution < 1.29 is 9.18 Å². The molecule has 1 amide bonds. The van der Waals surface area contributed by atoms with E-state index in [0.717, 1.165) is 31.6 Å². The highest BCUT2D eigenvalue weighted by atomic mass is 19.1. The van der Waals surface area contributed by atoms with Gasteiger partial charge in [-0.15, -0.1) is 0 Å². The fraction of sp³-hybridized carbons (Fsp3) is 0.500. The van der Waals surface area contributed by atoms with E-state index >= 15 is 0 Å². The van der Waals surface area contributed by atoms with Crippen LogP contribution in [0.15, 0.2) is 18.2 Å². The van der Waals surface area contributed by atoms with Crippen molar-refractivity contribution in [2.45, 2.75) is 19.4 Å². The number of rotatable bonds is 1. The summed E-state index contributed by atoms with van der Waals surface area (Å²) in [5.74, 6) is 0.205. The number of benzene rings is 1. The number of hydrogen-bond donors (Lipinski definition) is 1. The van der Waals surface area contributed by atoms with Gasteiger partial charge >= 0.3 is 0 Å². The molecule has 2 fully saturated rings. The van der Waals surface area contributed by atoms with Crippen LogP contribution in [0.1, 0.15) is 22.3 Å². The number of aryl methyl sites for hydroxylation is 1. The first kappa shape index (κ1) is 11.7. The predicted molar refractivity (Wildman–Crippen MR) is 66.9 cm³/mol. The highest BCUT2D eigenvalue weighted by Gasteiger charge is 2.40. The third kappa shape index (κ3) is 1.90. The summed E-state index contributed by atoms with van der Waals surface area (Å²) < 4.78 is 13.4. The van der Waals surface area contributed by atoms with Crippen molar-refractivity contribution in [2.75, 3.05) is 19.6 Å². The molecule has 2 aliphatic rings. The molecular weight excluding hydrogens is 231 g/mol. The topological polar surface area (TPSA) is 32.3 Å². The first-order chi connectivity index (χ1) is 8.65. The first-order valence-corrected chi connectivity index (χ1v) is 6.44. The van der Waals surface area contributed by atoms with Gasteiger partial charge in [-0.3, -0.25) is 4.79 Å². The number of carbonyl (C=O) groups excluding carboxylic acids is 1. The van der Waals surface area contributed by atoms with Gasteiger partial charge in [-0.1, -0.05) is 0 Å². The van der Waals surface area contributed by atoms with E-state index < -0.39 is 0 Å². The molecule has 0 aromatic heterocycles. The molecule has 0 unspecified atom stereocenters. The molecule has 2 aliphatic heterocycles. The number of carbonyl (C=O) groups is 1. The molecule has 2 atom stereocenters. The number of nitrogens with one attached hydrogen (secondary N) is 1. The maximum absolute atomic E-state index is 13.4. The second kappa shape index (κ2) is 4.35. The van der Waals surface area contributed by atoms with E-state index in [-0.39, 0.29) is 11.7 Å². The van der Waals surface area contributed by atoms with Crippen molar-refractivity contribution in [1.82, 2.24) is 10.2 Å². The Kier molecular flexibility index (Phi) is 2.82. The lowest BCUT2D eigenvalue weighted by Gasteiger charge is -2.23. The molecule has 1 aromatic carbocycles. The number of hydrogen-bond acceptors (Lipinski definition) is 2. The van der Waals surface area contributed by atoms with Crippen LogP contribution in [0, 0.1) is 18.7 Å². The van der Waals surface area contributed by atoms with Crippen LogP contribution in [0.3, 0.4) is 0 Å². The maximum atomic E-state index is 13.4. The van der Waals surface area contributed by atoms with Crippen LogP contribution in [-0.2, 0) is 0 Å². The molecular formula is C14H17FN2O. The first-order valence-electron chi connectivity index (χ1n) is 6.44. The van der Waals surface area contributed by atoms with Gasteiger partial charge in [0.2, 0.25) is 0 Å². The predicted octanol–water partition coefficient (Wildman–Crippen LogP) is 1.57. The molecule has 0 bridgehead atoms. The highest BCUT2D eigenvalue weighted by Crippen LogP contribution is 2.28. The molecule has 0 spiro atoms. The second-order valence-electron chi connectivity index (χ2n) is 5.29. The molecule has 96 valence electrons. The van der Waals surface area contributed by atoms with E-state index in [1.54, 1.807) is 6.07 Å². The Morgan fingerprint density at radius 1 is 1.39 bits per heavy atom. The Morgan fingerprint density at radius 2 is 2.22 bits per heavy atom. The van der Waals surface area contributed by atoms with E-state index in [9.17, 15) is 9.18 Å². The summed E-state index contributed by atoms with van der Waals surface area (Å²) in [6.07, 6.45) is 1.05. The molecule has 1 N–H and O–H groups in total. The van der Waals surface area contributed by atoms with Crippen LogP contribution in [0.2, 0.25) is 0 Å². The molecule has 3 nitrogen and oxygen atoms in total. The summed E-state index contributed by atoms with van der Waals surface area (Å²) >= 11 is 0. The van der Waals surface area contributed by atoms with Crippen LogP contribution in [0.25, 0.3) is 0 Å². The molecule has 1 aromatic rings. The zero-order chi connectivity index (χ0) is 12.7. The summed E-state index contributed by atoms with van der Waals surface area (Å²) in [6, 6.07) is 4.84. The Hall–Kier alpha value is -1.42. The largest absolute Gasteiger partial charge is 0.334 e. The van der Waals surface area contributed by atoms with E-state index in [2.05, 4.69) is 5.32 Å². The van der Waals surface area contributed by atoms with Crippen molar-refractivity contribution in [3.63, 3.8) is 0 Å². The van der Waals surface area contributed by atoms with Crippen molar-refractivity contribution >= 4 is 5.91 Å². The van der Waals surface area contributed by atoms with E-state index in [4.69, 9.17) is 0 Å². The second-order valence-corrected chi connectivity index (χ2v) is 5.29. The summed E-state index contributed by atoms with van der Waals surface area (Å²) in [6.45, 7) is 4.47. The van der Waals surface area contributed by atoms with Crippen LogP contribution in [0.5, 0.6) is 0 Å². The lowest BCUT2D eigenvalue weighted by molar-refractivity contribution is 0.0736. The van der Waals surface area contributed by atoms with Crippen LogP contribution in [0.4, 0.5) is 4.39 Å². The lowest BCUT2D eigenvalue weighted by atomic mass is 10.0. The Labute approximate surface area is 106 Å². The smallest absolute Gasteiger partial charge is 0.254 e. The fourth-order valence-electron chi connectivity index (χ4n) is 3.13. The average Bonchev–Trinajstić information content (AvgIpc) is 2.88. The zero-order valence-electron chi connectivity index (χ0n) is 10.4. The van der Waals surface area contributed by atoms with Gasteiger partial charge in [-0.2, -0.15) is 0 Å². The number of amides is 1. The van der Waals surface area contributed by atoms with Crippen molar-refractivity contribution in [2.24, 2.45) is 5.92 Å². The van der Waals surface area contributed by atoms with E-state index in [1.807, 2.05) is 11.8 Å². The van der Waals surface area contributed by atoms with Crippen LogP contribution in [-0.4, -0.2) is 36.5 Å². The van der Waals surface area contributed by atoms with E-state index in [0.29, 0.717) is 17.5 Å². The minimum atomic E-state index is -0.335. The lowest BCUT2D eigenvalue weighted by Crippen LogP contribution is -2.39. The summed E-state index contributed by atoms with van der Waals surface area (Å²) in [7, 11) is 0. The van der Waals surface area contributed by atoms with Gasteiger partial charge in [0.15, 0.2) is 0 Å². The van der Waals surface area contributed by atoms with Crippen LogP contribution >= 0.6 is 0 Å². The molecule has 2 saturated heterocycles. The van der Waals surface area contributed by atoms with Gasteiger partial charge < -0.3 is 10.2 Å². The minimum Gasteiger partial charge on any atom is -0.334 e. The Balaban J connectivity index is 1.86. The standard InChI is InChI=1S/C14H17FN2O/c1-9-4-11(6-12(15)5-9)14(18)17-3-2-10-7-16-8-13(10)17/h4-6,10,13,16H,2-3,7-8H2,1H3/t10-,13+/m0/s1. The highest BCUT2D eigenvalue weighted by molar-refractivity contribution is 5.94. The third-order valence-electron chi connectivity index (χ3n) is 4.00. The van der Waals surface area contributed by atoms with E-state index in [1.165, 1.54) is 12.1 Å². The molecule has 2 heterocycles. The van der Waals surface area contributed by atoms with Crippen molar-refractivity contribution in [1.29, 1.82) is 0 Å². The molecule has 18 heavy (non-hydrogen) atoms. The fourth-order valence-corrected chi connectivity index (χ4v) is 3.13. The summed E-state index contributed by atoms with van der Waals surface area (Å²) in [4.78, 5) is 14.3. The summed E-state index contributed by atoms with van der Waals surface area (Å²) in [5.41, 5.74) is 1.26. The van der Waals surface area contributed by atoms with Gasteiger partial charge in [0, 0.05) is 31.2 Å². The molecule has 4 heteroatoms. The van der Waals surface area contributed by atoms with Gasteiger partial charge in [0.1, 0.15) is 5.82 Å². The van der Waals surface area contributed by atoms with Crippen LogP contribution < -0.4 is 5.32 Å². The quantitative estimate of drug-likeness (QED) is 0.818. The molecule has 0 saturated carbocycles. The zero-order valence-corrected chi connectivity index (χ0v) is 10.4.